The average molecular weight is 196 g/mol. The van der Waals surface area contributed by atoms with Crippen LogP contribution in [0.4, 0.5) is 0 Å². The van der Waals surface area contributed by atoms with E-state index in [0.29, 0.717) is 0 Å². The van der Waals surface area contributed by atoms with Gasteiger partial charge < -0.3 is 0 Å². The molecule has 0 unspecified atom stereocenters. The number of nitrogens with zero attached hydrogens (tertiary/aromatic N) is 1. The number of rotatable bonds is 1. The molecule has 1 aromatic carbocycles. The number of aryl methyl sites for hydroxylation is 1. The summed E-state index contributed by atoms with van der Waals surface area (Å²) in [5.41, 5.74) is 6.14. The molecule has 0 bridgehead atoms. The first-order chi connectivity index (χ1) is 7.40. The number of nitrogens with one attached hydrogen (secondary N) is 1. The van der Waals surface area contributed by atoms with E-state index in [4.69, 9.17) is 0 Å². The summed E-state index contributed by atoms with van der Waals surface area (Å²) in [5, 5.41) is 7.41. The lowest BCUT2D eigenvalue weighted by molar-refractivity contribution is 0.940. The Bertz CT molecular complexity index is 523. The Kier molecular flexibility index (Phi) is 1.75. The summed E-state index contributed by atoms with van der Waals surface area (Å²) in [6, 6.07) is 8.47. The van der Waals surface area contributed by atoms with Crippen LogP contribution in [0.15, 0.2) is 30.8 Å². The molecule has 0 saturated carbocycles. The molecule has 2 nitrogen and oxygen atoms in total. The van der Waals surface area contributed by atoms with Gasteiger partial charge >= 0.3 is 0 Å². The van der Waals surface area contributed by atoms with E-state index in [-0.39, 0.29) is 0 Å². The SMILES string of the molecule is C=Cc1[nH]nc2c1CCc1ccccc1-2. The maximum absolute atomic E-state index is 4.37. The highest BCUT2D eigenvalue weighted by Gasteiger charge is 2.20. The molecule has 1 N–H and O–H groups in total. The molecule has 2 heteroatoms. The summed E-state index contributed by atoms with van der Waals surface area (Å²) in [6.07, 6.45) is 4.01. The Morgan fingerprint density at radius 1 is 1.27 bits per heavy atom. The molecule has 1 heterocycles. The minimum absolute atomic E-state index is 1.06. The highest BCUT2D eigenvalue weighted by molar-refractivity contribution is 5.72. The Labute approximate surface area is 88.7 Å². The highest BCUT2D eigenvalue weighted by atomic mass is 15.1. The quantitative estimate of drug-likeness (QED) is 0.746. The molecule has 15 heavy (non-hydrogen) atoms. The average Bonchev–Trinajstić information content (AvgIpc) is 2.72. The van der Waals surface area contributed by atoms with E-state index < -0.39 is 0 Å². The number of H-pyrrole nitrogens is 1. The second-order valence-corrected chi connectivity index (χ2v) is 3.83. The largest absolute Gasteiger partial charge is 0.278 e. The summed E-state index contributed by atoms with van der Waals surface area (Å²) >= 11 is 0. The van der Waals surface area contributed by atoms with Crippen LogP contribution in [0.3, 0.4) is 0 Å². The van der Waals surface area contributed by atoms with Crippen LogP contribution in [0.1, 0.15) is 16.8 Å². The number of hydrogen-bond acceptors (Lipinski definition) is 1. The first kappa shape index (κ1) is 8.48. The van der Waals surface area contributed by atoms with Gasteiger partial charge in [0.15, 0.2) is 0 Å². The lowest BCUT2D eigenvalue weighted by Gasteiger charge is -2.14. The van der Waals surface area contributed by atoms with Gasteiger partial charge in [-0.25, -0.2) is 0 Å². The third-order valence-corrected chi connectivity index (χ3v) is 3.02. The maximum Gasteiger partial charge on any atom is 0.0961 e. The van der Waals surface area contributed by atoms with Gasteiger partial charge in [0.25, 0.3) is 0 Å². The molecule has 74 valence electrons. The first-order valence-corrected chi connectivity index (χ1v) is 5.18. The van der Waals surface area contributed by atoms with Crippen molar-refractivity contribution in [3.05, 3.63) is 47.7 Å². The van der Waals surface area contributed by atoms with Crippen molar-refractivity contribution in [2.24, 2.45) is 0 Å². The molecular weight excluding hydrogens is 184 g/mol. The summed E-state index contributed by atoms with van der Waals surface area (Å²) < 4.78 is 0. The van der Waals surface area contributed by atoms with Gasteiger partial charge in [-0.15, -0.1) is 0 Å². The summed E-state index contributed by atoms with van der Waals surface area (Å²) in [5.74, 6) is 0. The fourth-order valence-electron chi connectivity index (χ4n) is 2.25. The second-order valence-electron chi connectivity index (χ2n) is 3.83. The van der Waals surface area contributed by atoms with Gasteiger partial charge in [-0.2, -0.15) is 5.10 Å². The van der Waals surface area contributed by atoms with Gasteiger partial charge in [-0.3, -0.25) is 5.10 Å². The van der Waals surface area contributed by atoms with Gasteiger partial charge in [-0.05, 0) is 24.5 Å². The van der Waals surface area contributed by atoms with E-state index in [9.17, 15) is 0 Å². The molecule has 1 aromatic heterocycles. The molecule has 2 aromatic rings. The lowest BCUT2D eigenvalue weighted by Crippen LogP contribution is -2.02. The molecule has 1 aliphatic carbocycles. The van der Waals surface area contributed by atoms with Crippen molar-refractivity contribution in [1.82, 2.24) is 10.2 Å². The summed E-state index contributed by atoms with van der Waals surface area (Å²) in [4.78, 5) is 0. The first-order valence-electron chi connectivity index (χ1n) is 5.18. The third-order valence-electron chi connectivity index (χ3n) is 3.02. The molecule has 0 aliphatic heterocycles. The predicted molar refractivity (Wildman–Crippen MR) is 61.5 cm³/mol. The van der Waals surface area contributed by atoms with Gasteiger partial charge in [0.05, 0.1) is 11.4 Å². The number of aromatic amines is 1. The highest BCUT2D eigenvalue weighted by Crippen LogP contribution is 2.33. The molecule has 0 atom stereocenters. The zero-order valence-electron chi connectivity index (χ0n) is 8.46. The van der Waals surface area contributed by atoms with Crippen molar-refractivity contribution in [2.75, 3.05) is 0 Å². The van der Waals surface area contributed by atoms with Crippen LogP contribution in [0, 0.1) is 0 Å². The van der Waals surface area contributed by atoms with Crippen molar-refractivity contribution in [1.29, 1.82) is 0 Å². The maximum atomic E-state index is 4.37. The van der Waals surface area contributed by atoms with Crippen LogP contribution in [-0.2, 0) is 12.8 Å². The summed E-state index contributed by atoms with van der Waals surface area (Å²) in [7, 11) is 0. The van der Waals surface area contributed by atoms with E-state index in [0.717, 1.165) is 24.2 Å². The van der Waals surface area contributed by atoms with Gasteiger partial charge in [-0.1, -0.05) is 30.8 Å². The fourth-order valence-corrected chi connectivity index (χ4v) is 2.25. The molecule has 0 amide bonds. The third kappa shape index (κ3) is 1.14. The van der Waals surface area contributed by atoms with Crippen LogP contribution >= 0.6 is 0 Å². The molecule has 1 aliphatic rings. The monoisotopic (exact) mass is 196 g/mol. The van der Waals surface area contributed by atoms with Crippen LogP contribution in [0.5, 0.6) is 0 Å². The number of aromatic nitrogens is 2. The lowest BCUT2D eigenvalue weighted by atomic mass is 9.89. The Morgan fingerprint density at radius 3 is 3.00 bits per heavy atom. The molecule has 0 fully saturated rings. The van der Waals surface area contributed by atoms with Crippen LogP contribution < -0.4 is 0 Å². The zero-order chi connectivity index (χ0) is 10.3. The minimum atomic E-state index is 1.06. The second kappa shape index (κ2) is 3.09. The molecule has 0 radical (unpaired) electrons. The molecule has 3 rings (SSSR count). The zero-order valence-corrected chi connectivity index (χ0v) is 8.46. The van der Waals surface area contributed by atoms with Crippen molar-refractivity contribution in [2.45, 2.75) is 12.8 Å². The number of benzene rings is 1. The Balaban J connectivity index is 2.26. The Hall–Kier alpha value is -1.83. The van der Waals surface area contributed by atoms with Crippen LogP contribution in [0.25, 0.3) is 17.3 Å². The number of hydrogen-bond donors (Lipinski definition) is 1. The van der Waals surface area contributed by atoms with E-state index in [1.54, 1.807) is 0 Å². The Morgan fingerprint density at radius 2 is 2.13 bits per heavy atom. The van der Waals surface area contributed by atoms with Gasteiger partial charge in [0.1, 0.15) is 0 Å². The van der Waals surface area contributed by atoms with Gasteiger partial charge in [0, 0.05) is 11.1 Å². The predicted octanol–water partition coefficient (Wildman–Crippen LogP) is 2.82. The van der Waals surface area contributed by atoms with Crippen molar-refractivity contribution >= 4 is 6.08 Å². The normalized spacial score (nSPS) is 13.1. The van der Waals surface area contributed by atoms with Crippen molar-refractivity contribution in [3.63, 3.8) is 0 Å². The van der Waals surface area contributed by atoms with E-state index in [2.05, 4.69) is 41.0 Å². The van der Waals surface area contributed by atoms with Crippen LogP contribution in [0.2, 0.25) is 0 Å². The molecule has 0 spiro atoms. The summed E-state index contributed by atoms with van der Waals surface area (Å²) in [6.45, 7) is 3.80. The minimum Gasteiger partial charge on any atom is -0.278 e. The number of fused-ring (bicyclic) bond motifs is 3. The molecule has 0 saturated heterocycles. The standard InChI is InChI=1S/C13H12N2/c1-2-12-11-8-7-9-5-3-4-6-10(9)13(11)15-14-12/h2-6H,1,7-8H2,(H,14,15). The van der Waals surface area contributed by atoms with E-state index in [1.807, 2.05) is 6.08 Å². The van der Waals surface area contributed by atoms with Crippen LogP contribution in [-0.4, -0.2) is 10.2 Å². The van der Waals surface area contributed by atoms with Crippen molar-refractivity contribution in [3.8, 4) is 11.3 Å². The fraction of sp³-hybridized carbons (Fsp3) is 0.154. The molecular formula is C13H12N2. The topological polar surface area (TPSA) is 28.7 Å². The smallest absolute Gasteiger partial charge is 0.0961 e. The van der Waals surface area contributed by atoms with Crippen molar-refractivity contribution < 1.29 is 0 Å². The van der Waals surface area contributed by atoms with E-state index >= 15 is 0 Å². The van der Waals surface area contributed by atoms with E-state index in [1.165, 1.54) is 16.7 Å². The van der Waals surface area contributed by atoms with Gasteiger partial charge in [0.2, 0.25) is 0 Å².